The number of carbonyl (C=O) groups excluding carboxylic acids is 2. The van der Waals surface area contributed by atoms with Crippen molar-refractivity contribution in [3.8, 4) is 11.1 Å². The van der Waals surface area contributed by atoms with Crippen molar-refractivity contribution in [1.82, 2.24) is 10.2 Å². The van der Waals surface area contributed by atoms with Crippen LogP contribution in [0.4, 0.5) is 4.79 Å². The van der Waals surface area contributed by atoms with Gasteiger partial charge in [-0.05, 0) is 28.7 Å². The first-order chi connectivity index (χ1) is 16.5. The fraction of sp³-hybridized carbons (Fsp3) is 0.423. The number of nitrogens with zero attached hydrogens (tertiary/aromatic N) is 1. The lowest BCUT2D eigenvalue weighted by molar-refractivity contribution is -0.138. The number of carboxylic acid groups (broad SMARTS) is 1. The second-order valence-electron chi connectivity index (χ2n) is 9.26. The average molecular weight is 465 g/mol. The lowest BCUT2D eigenvalue weighted by Crippen LogP contribution is -2.48. The van der Waals surface area contributed by atoms with Gasteiger partial charge in [-0.1, -0.05) is 48.5 Å². The molecule has 0 spiro atoms. The van der Waals surface area contributed by atoms with Crippen molar-refractivity contribution in [2.24, 2.45) is 11.8 Å². The van der Waals surface area contributed by atoms with E-state index in [1.807, 2.05) is 36.4 Å². The molecule has 2 N–H and O–H groups in total. The molecule has 8 heteroatoms. The number of ether oxygens (including phenoxy) is 2. The van der Waals surface area contributed by atoms with Crippen molar-refractivity contribution in [2.75, 3.05) is 32.9 Å². The fourth-order valence-electron chi connectivity index (χ4n) is 5.40. The van der Waals surface area contributed by atoms with E-state index in [1.54, 1.807) is 4.90 Å². The van der Waals surface area contributed by atoms with Crippen molar-refractivity contribution in [3.63, 3.8) is 0 Å². The van der Waals surface area contributed by atoms with Crippen LogP contribution in [0.15, 0.2) is 48.5 Å². The Kier molecular flexibility index (Phi) is 6.24. The molecule has 5 rings (SSSR count). The van der Waals surface area contributed by atoms with Gasteiger partial charge in [0.25, 0.3) is 0 Å². The highest BCUT2D eigenvalue weighted by Gasteiger charge is 2.41. The summed E-state index contributed by atoms with van der Waals surface area (Å²) in [6.45, 7) is 2.53. The largest absolute Gasteiger partial charge is 0.481 e. The number of carboxylic acids is 1. The van der Waals surface area contributed by atoms with Crippen LogP contribution in [0.5, 0.6) is 0 Å². The maximum absolute atomic E-state index is 13.1. The number of hydrogen-bond donors (Lipinski definition) is 2. The van der Waals surface area contributed by atoms with E-state index < -0.39 is 18.1 Å². The van der Waals surface area contributed by atoms with E-state index >= 15 is 0 Å². The summed E-state index contributed by atoms with van der Waals surface area (Å²) in [7, 11) is 0. The minimum atomic E-state index is -1.01. The first kappa shape index (κ1) is 22.4. The molecule has 3 aliphatic rings. The van der Waals surface area contributed by atoms with Crippen molar-refractivity contribution < 1.29 is 29.0 Å². The van der Waals surface area contributed by atoms with Gasteiger partial charge in [-0.3, -0.25) is 9.59 Å². The van der Waals surface area contributed by atoms with Gasteiger partial charge in [0.2, 0.25) is 5.91 Å². The third kappa shape index (κ3) is 4.37. The van der Waals surface area contributed by atoms with Gasteiger partial charge in [0.1, 0.15) is 12.6 Å². The molecule has 2 aromatic carbocycles. The Morgan fingerprint density at radius 1 is 1.00 bits per heavy atom. The molecule has 1 unspecified atom stereocenters. The third-order valence-electron chi connectivity index (χ3n) is 7.13. The fourth-order valence-corrected chi connectivity index (χ4v) is 5.40. The molecule has 2 aromatic rings. The predicted octanol–water partition coefficient (Wildman–Crippen LogP) is 2.86. The second-order valence-corrected chi connectivity index (χ2v) is 9.26. The summed E-state index contributed by atoms with van der Waals surface area (Å²) in [5.74, 6) is -0.760. The monoisotopic (exact) mass is 464 g/mol. The molecular formula is C26H28N2O6. The molecule has 2 amide bonds. The summed E-state index contributed by atoms with van der Waals surface area (Å²) in [5, 5.41) is 11.8. The normalized spacial score (nSPS) is 21.5. The molecule has 2 aliphatic heterocycles. The Hall–Kier alpha value is -3.39. The van der Waals surface area contributed by atoms with Gasteiger partial charge >= 0.3 is 12.1 Å². The van der Waals surface area contributed by atoms with Crippen LogP contribution in [0.2, 0.25) is 0 Å². The summed E-state index contributed by atoms with van der Waals surface area (Å²) in [4.78, 5) is 38.7. The van der Waals surface area contributed by atoms with Crippen molar-refractivity contribution in [1.29, 1.82) is 0 Å². The van der Waals surface area contributed by atoms with E-state index in [-0.39, 0.29) is 31.3 Å². The van der Waals surface area contributed by atoms with Gasteiger partial charge in [0.15, 0.2) is 0 Å². The summed E-state index contributed by atoms with van der Waals surface area (Å²) in [6.07, 6.45) is -0.918. The van der Waals surface area contributed by atoms with E-state index in [0.717, 1.165) is 22.3 Å². The van der Waals surface area contributed by atoms with Crippen LogP contribution in [-0.4, -0.2) is 66.9 Å². The van der Waals surface area contributed by atoms with Gasteiger partial charge in [-0.15, -0.1) is 0 Å². The molecule has 1 aliphatic carbocycles. The standard InChI is InChI=1S/C26H28N2O6/c29-24(30)10-9-23(25(31)28-11-16-13-33-14-17(16)12-28)27-26(32)34-15-22-20-7-3-1-5-18(20)19-6-2-4-8-21(19)22/h1-8,16-17,22-23H,9-15H2,(H,27,32)(H,29,30)/t16-,17+,23?. The number of likely N-dealkylation sites (tertiary alicyclic amines) is 1. The van der Waals surface area contributed by atoms with Crippen molar-refractivity contribution in [3.05, 3.63) is 59.7 Å². The molecule has 178 valence electrons. The minimum Gasteiger partial charge on any atom is -0.481 e. The summed E-state index contributed by atoms with van der Waals surface area (Å²) in [6, 6.07) is 15.2. The average Bonchev–Trinajstić information content (AvgIpc) is 3.52. The van der Waals surface area contributed by atoms with Gasteiger partial charge in [-0.2, -0.15) is 0 Å². The van der Waals surface area contributed by atoms with Gasteiger partial charge in [0.05, 0.1) is 13.2 Å². The van der Waals surface area contributed by atoms with E-state index in [9.17, 15) is 14.4 Å². The Morgan fingerprint density at radius 2 is 1.59 bits per heavy atom. The highest BCUT2D eigenvalue weighted by Crippen LogP contribution is 2.44. The molecule has 0 radical (unpaired) electrons. The molecule has 0 bridgehead atoms. The molecular weight excluding hydrogens is 436 g/mol. The van der Waals surface area contributed by atoms with Crippen LogP contribution in [0, 0.1) is 11.8 Å². The molecule has 2 saturated heterocycles. The first-order valence-electron chi connectivity index (χ1n) is 11.7. The molecule has 8 nitrogen and oxygen atoms in total. The smallest absolute Gasteiger partial charge is 0.407 e. The van der Waals surface area contributed by atoms with E-state index in [2.05, 4.69) is 17.4 Å². The summed E-state index contributed by atoms with van der Waals surface area (Å²) < 4.78 is 11.0. The number of fused-ring (bicyclic) bond motifs is 4. The summed E-state index contributed by atoms with van der Waals surface area (Å²) in [5.41, 5.74) is 4.46. The van der Waals surface area contributed by atoms with E-state index in [0.29, 0.717) is 38.1 Å². The van der Waals surface area contributed by atoms with Crippen molar-refractivity contribution >= 4 is 18.0 Å². The highest BCUT2D eigenvalue weighted by molar-refractivity contribution is 5.86. The molecule has 2 fully saturated rings. The van der Waals surface area contributed by atoms with Gasteiger partial charge in [-0.25, -0.2) is 4.79 Å². The van der Waals surface area contributed by atoms with Crippen LogP contribution in [-0.2, 0) is 19.1 Å². The van der Waals surface area contributed by atoms with Crippen LogP contribution < -0.4 is 5.32 Å². The van der Waals surface area contributed by atoms with Crippen LogP contribution in [0.3, 0.4) is 0 Å². The van der Waals surface area contributed by atoms with Gasteiger partial charge < -0.3 is 24.8 Å². The summed E-state index contributed by atoms with van der Waals surface area (Å²) >= 11 is 0. The van der Waals surface area contributed by atoms with Gasteiger partial charge in [0, 0.05) is 37.3 Å². The Bertz CT molecular complexity index is 1040. The van der Waals surface area contributed by atoms with Crippen LogP contribution in [0.1, 0.15) is 29.9 Å². The zero-order chi connectivity index (χ0) is 23.7. The first-order valence-corrected chi connectivity index (χ1v) is 11.7. The topological polar surface area (TPSA) is 105 Å². The number of alkyl carbamates (subject to hydrolysis) is 1. The Labute approximate surface area is 197 Å². The maximum Gasteiger partial charge on any atom is 0.407 e. The quantitative estimate of drug-likeness (QED) is 0.653. The second kappa shape index (κ2) is 9.46. The minimum absolute atomic E-state index is 0.0146. The Balaban J connectivity index is 1.24. The van der Waals surface area contributed by atoms with Crippen molar-refractivity contribution in [2.45, 2.75) is 24.8 Å². The third-order valence-corrected chi connectivity index (χ3v) is 7.13. The molecule has 34 heavy (non-hydrogen) atoms. The lowest BCUT2D eigenvalue weighted by atomic mass is 9.98. The molecule has 2 heterocycles. The van der Waals surface area contributed by atoms with E-state index in [4.69, 9.17) is 14.6 Å². The zero-order valence-corrected chi connectivity index (χ0v) is 18.8. The molecule has 0 saturated carbocycles. The van der Waals surface area contributed by atoms with E-state index in [1.165, 1.54) is 0 Å². The number of amides is 2. The highest BCUT2D eigenvalue weighted by atomic mass is 16.5. The zero-order valence-electron chi connectivity index (χ0n) is 18.8. The number of rotatable bonds is 7. The number of hydrogen-bond acceptors (Lipinski definition) is 5. The lowest BCUT2D eigenvalue weighted by Gasteiger charge is -2.25. The Morgan fingerprint density at radius 3 is 2.18 bits per heavy atom. The van der Waals surface area contributed by atoms with Crippen LogP contribution >= 0.6 is 0 Å². The predicted molar refractivity (Wildman–Crippen MR) is 123 cm³/mol. The van der Waals surface area contributed by atoms with Crippen LogP contribution in [0.25, 0.3) is 11.1 Å². The number of aliphatic carboxylic acids is 1. The molecule has 3 atom stereocenters. The number of nitrogens with one attached hydrogen (secondary N) is 1. The molecule has 0 aromatic heterocycles. The maximum atomic E-state index is 13.1. The SMILES string of the molecule is O=C(O)CCC(NC(=O)OCC1c2ccccc2-c2ccccc21)C(=O)N1C[C@H]2COC[C@H]2C1. The number of carbonyl (C=O) groups is 3. The number of benzene rings is 2.